The second-order valence-corrected chi connectivity index (χ2v) is 3.19. The first-order valence-electron chi connectivity index (χ1n) is 4.19. The molecule has 0 aliphatic heterocycles. The smallest absolute Gasteiger partial charge is 0.218 e. The largest absolute Gasteiger partial charge is 0.350 e. The summed E-state index contributed by atoms with van der Waals surface area (Å²) in [7, 11) is 0. The number of aromatic nitrogens is 3. The van der Waals surface area contributed by atoms with Crippen molar-refractivity contribution < 1.29 is 0 Å². The van der Waals surface area contributed by atoms with Gasteiger partial charge in [0.2, 0.25) is 5.95 Å². The number of nitrogens with zero attached hydrogens (tertiary/aromatic N) is 2. The van der Waals surface area contributed by atoms with Gasteiger partial charge in [0.05, 0.1) is 0 Å². The van der Waals surface area contributed by atoms with E-state index in [1.165, 1.54) is 6.33 Å². The molecule has 1 aromatic heterocycles. The molecule has 72 valence electrons. The van der Waals surface area contributed by atoms with Gasteiger partial charge in [-0.15, -0.1) is 0 Å². The third-order valence-electron chi connectivity index (χ3n) is 1.82. The second-order valence-electron chi connectivity index (χ2n) is 2.78. The summed E-state index contributed by atoms with van der Waals surface area (Å²) >= 11 is 5.98. The van der Waals surface area contributed by atoms with Crippen molar-refractivity contribution in [3.63, 3.8) is 0 Å². The average molecular weight is 209 g/mol. The molecule has 0 spiro atoms. The van der Waals surface area contributed by atoms with E-state index in [4.69, 9.17) is 11.6 Å². The van der Waals surface area contributed by atoms with Gasteiger partial charge >= 0.3 is 0 Å². The zero-order chi connectivity index (χ0) is 9.80. The summed E-state index contributed by atoms with van der Waals surface area (Å²) in [6.45, 7) is 0.634. The molecule has 0 aliphatic rings. The Morgan fingerprint density at radius 2 is 2.21 bits per heavy atom. The fourth-order valence-electron chi connectivity index (χ4n) is 1.11. The van der Waals surface area contributed by atoms with Crippen LogP contribution in [0.25, 0.3) is 0 Å². The van der Waals surface area contributed by atoms with Crippen molar-refractivity contribution in [3.05, 3.63) is 41.2 Å². The van der Waals surface area contributed by atoms with Crippen molar-refractivity contribution in [2.24, 2.45) is 0 Å². The summed E-state index contributed by atoms with van der Waals surface area (Å²) in [5, 5.41) is 10.3. The highest BCUT2D eigenvalue weighted by Crippen LogP contribution is 2.15. The van der Waals surface area contributed by atoms with Crippen LogP contribution in [0.4, 0.5) is 5.95 Å². The number of benzene rings is 1. The molecule has 5 heteroatoms. The quantitative estimate of drug-likeness (QED) is 0.812. The molecule has 0 unspecified atom stereocenters. The lowest BCUT2D eigenvalue weighted by Gasteiger charge is -2.03. The Morgan fingerprint density at radius 3 is 2.93 bits per heavy atom. The molecule has 2 N–H and O–H groups in total. The van der Waals surface area contributed by atoms with Gasteiger partial charge in [0, 0.05) is 11.6 Å². The maximum Gasteiger partial charge on any atom is 0.218 e. The molecule has 0 amide bonds. The lowest BCUT2D eigenvalue weighted by molar-refractivity contribution is 1.04. The first kappa shape index (κ1) is 9.02. The number of rotatable bonds is 3. The normalized spacial score (nSPS) is 10.1. The number of H-pyrrole nitrogens is 1. The lowest BCUT2D eigenvalue weighted by atomic mass is 10.2. The number of halogens is 1. The van der Waals surface area contributed by atoms with Crippen LogP contribution < -0.4 is 5.32 Å². The second kappa shape index (κ2) is 4.11. The maximum atomic E-state index is 5.98. The summed E-state index contributed by atoms with van der Waals surface area (Å²) in [5.74, 6) is 0.643. The molecule has 0 atom stereocenters. The first-order chi connectivity index (χ1) is 6.86. The molecular formula is C9H9ClN4. The highest BCUT2D eigenvalue weighted by Gasteiger charge is 1.99. The zero-order valence-electron chi connectivity index (χ0n) is 7.37. The zero-order valence-corrected chi connectivity index (χ0v) is 8.12. The van der Waals surface area contributed by atoms with Gasteiger partial charge in [-0.1, -0.05) is 29.8 Å². The van der Waals surface area contributed by atoms with Gasteiger partial charge < -0.3 is 5.32 Å². The van der Waals surface area contributed by atoms with E-state index in [0.717, 1.165) is 10.6 Å². The Morgan fingerprint density at radius 1 is 1.36 bits per heavy atom. The Bertz CT molecular complexity index is 399. The van der Waals surface area contributed by atoms with Crippen LogP contribution in [-0.4, -0.2) is 15.2 Å². The number of aromatic amines is 1. The predicted octanol–water partition coefficient (Wildman–Crippen LogP) is 2.07. The number of nitrogens with one attached hydrogen (secondary N) is 2. The van der Waals surface area contributed by atoms with E-state index in [-0.39, 0.29) is 0 Å². The van der Waals surface area contributed by atoms with Gasteiger partial charge in [-0.2, -0.15) is 5.10 Å². The fraction of sp³-hybridized carbons (Fsp3) is 0.111. The van der Waals surface area contributed by atoms with Crippen molar-refractivity contribution in [3.8, 4) is 0 Å². The number of anilines is 1. The number of hydrogen-bond acceptors (Lipinski definition) is 3. The molecule has 14 heavy (non-hydrogen) atoms. The van der Waals surface area contributed by atoms with Gasteiger partial charge in [-0.3, -0.25) is 0 Å². The molecule has 0 fully saturated rings. The molecular weight excluding hydrogens is 200 g/mol. The van der Waals surface area contributed by atoms with Crippen LogP contribution in [0, 0.1) is 0 Å². The summed E-state index contributed by atoms with van der Waals surface area (Å²) in [6.07, 6.45) is 1.45. The molecule has 0 saturated carbocycles. The minimum absolute atomic E-state index is 0.634. The molecule has 0 radical (unpaired) electrons. The van der Waals surface area contributed by atoms with Crippen LogP contribution in [-0.2, 0) is 6.54 Å². The maximum absolute atomic E-state index is 5.98. The molecule has 0 bridgehead atoms. The molecule has 4 nitrogen and oxygen atoms in total. The summed E-state index contributed by atoms with van der Waals surface area (Å²) in [6, 6.07) is 7.67. The van der Waals surface area contributed by atoms with Crippen LogP contribution in [0.2, 0.25) is 5.02 Å². The molecule has 1 heterocycles. The van der Waals surface area contributed by atoms with Gasteiger partial charge in [0.1, 0.15) is 6.33 Å². The topological polar surface area (TPSA) is 53.6 Å². The van der Waals surface area contributed by atoms with Crippen LogP contribution in [0.15, 0.2) is 30.6 Å². The minimum Gasteiger partial charge on any atom is -0.350 e. The van der Waals surface area contributed by atoms with Crippen molar-refractivity contribution in [1.82, 2.24) is 15.2 Å². The SMILES string of the molecule is Clc1ccccc1CNc1ncn[nH]1. The monoisotopic (exact) mass is 208 g/mol. The van der Waals surface area contributed by atoms with Crippen molar-refractivity contribution in [1.29, 1.82) is 0 Å². The van der Waals surface area contributed by atoms with Gasteiger partial charge in [-0.05, 0) is 11.6 Å². The van der Waals surface area contributed by atoms with Crippen molar-refractivity contribution in [2.45, 2.75) is 6.54 Å². The first-order valence-corrected chi connectivity index (χ1v) is 4.57. The highest BCUT2D eigenvalue weighted by molar-refractivity contribution is 6.31. The van der Waals surface area contributed by atoms with Crippen molar-refractivity contribution in [2.75, 3.05) is 5.32 Å². The van der Waals surface area contributed by atoms with Crippen LogP contribution >= 0.6 is 11.6 Å². The number of hydrogen-bond donors (Lipinski definition) is 2. The fourth-order valence-corrected chi connectivity index (χ4v) is 1.31. The lowest BCUT2D eigenvalue weighted by Crippen LogP contribution is -2.01. The Labute approximate surface area is 86.3 Å². The van der Waals surface area contributed by atoms with E-state index in [9.17, 15) is 0 Å². The van der Waals surface area contributed by atoms with Crippen LogP contribution in [0.1, 0.15) is 5.56 Å². The summed E-state index contributed by atoms with van der Waals surface area (Å²) in [5.41, 5.74) is 1.03. The molecule has 2 aromatic rings. The predicted molar refractivity (Wildman–Crippen MR) is 55.2 cm³/mol. The van der Waals surface area contributed by atoms with Gasteiger partial charge in [0.25, 0.3) is 0 Å². The van der Waals surface area contributed by atoms with E-state index in [0.29, 0.717) is 12.5 Å². The Hall–Kier alpha value is -1.55. The average Bonchev–Trinajstić information content (AvgIpc) is 2.69. The molecule has 1 aromatic carbocycles. The van der Waals surface area contributed by atoms with Crippen molar-refractivity contribution >= 4 is 17.5 Å². The highest BCUT2D eigenvalue weighted by atomic mass is 35.5. The Balaban J connectivity index is 2.02. The van der Waals surface area contributed by atoms with Crippen LogP contribution in [0.3, 0.4) is 0 Å². The molecule has 0 saturated heterocycles. The molecule has 2 rings (SSSR count). The minimum atomic E-state index is 0.634. The van der Waals surface area contributed by atoms with Gasteiger partial charge in [-0.25, -0.2) is 10.1 Å². The summed E-state index contributed by atoms with van der Waals surface area (Å²) < 4.78 is 0. The molecule has 0 aliphatic carbocycles. The van der Waals surface area contributed by atoms with Gasteiger partial charge in [0.15, 0.2) is 0 Å². The van der Waals surface area contributed by atoms with E-state index in [1.54, 1.807) is 0 Å². The van der Waals surface area contributed by atoms with E-state index < -0.39 is 0 Å². The Kier molecular flexibility index (Phi) is 2.65. The van der Waals surface area contributed by atoms with Crippen LogP contribution in [0.5, 0.6) is 0 Å². The third-order valence-corrected chi connectivity index (χ3v) is 2.19. The summed E-state index contributed by atoms with van der Waals surface area (Å²) in [4.78, 5) is 3.94. The standard InChI is InChI=1S/C9H9ClN4/c10-8-4-2-1-3-7(8)5-11-9-12-6-13-14-9/h1-4,6H,5H2,(H2,11,12,13,14). The third kappa shape index (κ3) is 2.03. The van der Waals surface area contributed by atoms with E-state index in [2.05, 4.69) is 20.5 Å². The van der Waals surface area contributed by atoms with E-state index in [1.807, 2.05) is 24.3 Å². The van der Waals surface area contributed by atoms with E-state index >= 15 is 0 Å².